The Morgan fingerprint density at radius 1 is 1.17 bits per heavy atom. The normalized spacial score (nSPS) is 30.3. The molecule has 0 radical (unpaired) electrons. The fraction of sp³-hybridized carbons (Fsp3) is 0.438. The lowest BCUT2D eigenvalue weighted by molar-refractivity contribution is -0.268. The van der Waals surface area contributed by atoms with Crippen LogP contribution in [0.3, 0.4) is 0 Å². The van der Waals surface area contributed by atoms with Crippen LogP contribution in [0.2, 0.25) is 0 Å². The summed E-state index contributed by atoms with van der Waals surface area (Å²) in [6.45, 7) is 1.55. The third-order valence-electron chi connectivity index (χ3n) is 3.66. The van der Waals surface area contributed by atoms with E-state index in [2.05, 4.69) is 0 Å². The number of carboxylic acid groups (broad SMARTS) is 1. The molecule has 132 valence electrons. The number of rotatable bonds is 5. The Morgan fingerprint density at radius 3 is 2.50 bits per heavy atom. The molecule has 4 N–H and O–H groups in total. The van der Waals surface area contributed by atoms with Crippen LogP contribution in [0.4, 0.5) is 0 Å². The van der Waals surface area contributed by atoms with Crippen molar-refractivity contribution in [2.45, 2.75) is 37.6 Å². The van der Waals surface area contributed by atoms with Crippen molar-refractivity contribution < 1.29 is 39.4 Å². The van der Waals surface area contributed by atoms with E-state index in [1.165, 1.54) is 19.3 Å². The Bertz CT molecular complexity index is 614. The summed E-state index contributed by atoms with van der Waals surface area (Å²) in [5.74, 6) is -0.536. The van der Waals surface area contributed by atoms with E-state index in [4.69, 9.17) is 19.3 Å². The summed E-state index contributed by atoms with van der Waals surface area (Å²) in [6.07, 6.45) is -3.59. The number of aliphatic carboxylic acids is 1. The number of aliphatic hydroxyl groups excluding tert-OH is 3. The molecule has 5 atom stereocenters. The van der Waals surface area contributed by atoms with Gasteiger partial charge in [-0.25, -0.2) is 4.79 Å². The van der Waals surface area contributed by atoms with Gasteiger partial charge in [-0.1, -0.05) is 6.07 Å². The van der Waals surface area contributed by atoms with Gasteiger partial charge in [0, 0.05) is 6.08 Å². The van der Waals surface area contributed by atoms with Crippen LogP contribution in [-0.2, 0) is 9.53 Å². The van der Waals surface area contributed by atoms with Crippen LogP contribution >= 0.6 is 0 Å². The van der Waals surface area contributed by atoms with E-state index in [0.717, 1.165) is 6.08 Å². The second-order valence-corrected chi connectivity index (χ2v) is 5.38. The van der Waals surface area contributed by atoms with Crippen LogP contribution < -0.4 is 9.47 Å². The molecule has 8 nitrogen and oxygen atoms in total. The molecule has 1 aliphatic rings. The molecule has 0 bridgehead atoms. The number of methoxy groups -OCH3 is 1. The molecule has 0 amide bonds. The molecule has 24 heavy (non-hydrogen) atoms. The average Bonchev–Trinajstić information content (AvgIpc) is 2.56. The number of carbonyl (C=O) groups is 1. The van der Waals surface area contributed by atoms with Gasteiger partial charge in [-0.05, 0) is 30.7 Å². The summed E-state index contributed by atoms with van der Waals surface area (Å²) in [7, 11) is 1.41. The zero-order valence-electron chi connectivity index (χ0n) is 13.2. The minimum atomic E-state index is -1.44. The molecule has 1 aromatic rings. The molecule has 1 aromatic carbocycles. The van der Waals surface area contributed by atoms with Gasteiger partial charge in [0.05, 0.1) is 13.2 Å². The predicted molar refractivity (Wildman–Crippen MR) is 82.6 cm³/mol. The van der Waals surface area contributed by atoms with Crippen molar-refractivity contribution in [3.05, 3.63) is 29.8 Å². The van der Waals surface area contributed by atoms with Crippen LogP contribution in [0, 0.1) is 0 Å². The Kier molecular flexibility index (Phi) is 5.79. The highest BCUT2D eigenvalue weighted by atomic mass is 16.7. The molecule has 0 aromatic heterocycles. The lowest BCUT2D eigenvalue weighted by Gasteiger charge is -2.39. The summed E-state index contributed by atoms with van der Waals surface area (Å²) < 4.78 is 16.1. The van der Waals surface area contributed by atoms with Gasteiger partial charge in [-0.2, -0.15) is 0 Å². The number of carboxylic acids is 1. The highest BCUT2D eigenvalue weighted by Gasteiger charge is 2.43. The first-order valence-electron chi connectivity index (χ1n) is 7.29. The molecule has 0 saturated carbocycles. The van der Waals surface area contributed by atoms with Crippen molar-refractivity contribution in [3.8, 4) is 11.5 Å². The quantitative estimate of drug-likeness (QED) is 0.552. The fourth-order valence-corrected chi connectivity index (χ4v) is 2.29. The first kappa shape index (κ1) is 18.2. The summed E-state index contributed by atoms with van der Waals surface area (Å²) in [5, 5.41) is 38.1. The van der Waals surface area contributed by atoms with Crippen molar-refractivity contribution >= 4 is 12.0 Å². The van der Waals surface area contributed by atoms with Crippen molar-refractivity contribution in [2.75, 3.05) is 7.11 Å². The second kappa shape index (κ2) is 7.63. The molecular formula is C16H20O8. The van der Waals surface area contributed by atoms with Crippen LogP contribution in [0.5, 0.6) is 11.5 Å². The van der Waals surface area contributed by atoms with Crippen molar-refractivity contribution in [1.82, 2.24) is 0 Å². The van der Waals surface area contributed by atoms with E-state index < -0.39 is 36.7 Å². The molecule has 0 unspecified atom stereocenters. The molecule has 8 heteroatoms. The summed E-state index contributed by atoms with van der Waals surface area (Å²) in [5.41, 5.74) is 0.579. The smallest absolute Gasteiger partial charge is 0.328 e. The van der Waals surface area contributed by atoms with Crippen molar-refractivity contribution in [2.24, 2.45) is 0 Å². The predicted octanol–water partition coefficient (Wildman–Crippen LogP) is -0.000700. The lowest BCUT2D eigenvalue weighted by atomic mass is 10.00. The Balaban J connectivity index is 2.18. The Morgan fingerprint density at radius 2 is 1.88 bits per heavy atom. The molecule has 1 aliphatic heterocycles. The SMILES string of the molecule is COc1cc(C=CC(=O)O)ccc1O[C@H]1O[C@@H](C)[C@H](O)[C@@H](O)[C@H]1O. The molecule has 0 spiro atoms. The number of ether oxygens (including phenoxy) is 3. The molecule has 1 heterocycles. The van der Waals surface area contributed by atoms with Crippen molar-refractivity contribution in [3.63, 3.8) is 0 Å². The molecule has 1 saturated heterocycles. The average molecular weight is 340 g/mol. The summed E-state index contributed by atoms with van der Waals surface area (Å²) >= 11 is 0. The summed E-state index contributed by atoms with van der Waals surface area (Å²) in [4.78, 5) is 10.5. The molecule has 1 fully saturated rings. The van der Waals surface area contributed by atoms with E-state index in [-0.39, 0.29) is 5.75 Å². The highest BCUT2D eigenvalue weighted by molar-refractivity contribution is 5.85. The third kappa shape index (κ3) is 4.04. The Hall–Kier alpha value is -2.13. The number of hydrogen-bond acceptors (Lipinski definition) is 7. The van der Waals surface area contributed by atoms with Gasteiger partial charge in [0.25, 0.3) is 0 Å². The summed E-state index contributed by atoms with van der Waals surface area (Å²) in [6, 6.07) is 4.68. The topological polar surface area (TPSA) is 126 Å². The monoisotopic (exact) mass is 340 g/mol. The number of hydrogen-bond donors (Lipinski definition) is 4. The van der Waals surface area contributed by atoms with Gasteiger partial charge in [0.1, 0.15) is 18.3 Å². The minimum absolute atomic E-state index is 0.241. The van der Waals surface area contributed by atoms with Crippen LogP contribution in [-0.4, -0.2) is 64.2 Å². The van der Waals surface area contributed by atoms with E-state index in [9.17, 15) is 20.1 Å². The lowest BCUT2D eigenvalue weighted by Crippen LogP contribution is -2.58. The van der Waals surface area contributed by atoms with E-state index in [0.29, 0.717) is 11.3 Å². The van der Waals surface area contributed by atoms with E-state index in [1.807, 2.05) is 0 Å². The Labute approximate surface area is 138 Å². The van der Waals surface area contributed by atoms with Gasteiger partial charge in [0.2, 0.25) is 6.29 Å². The zero-order valence-corrected chi connectivity index (χ0v) is 13.2. The maximum absolute atomic E-state index is 10.5. The zero-order chi connectivity index (χ0) is 17.9. The maximum Gasteiger partial charge on any atom is 0.328 e. The van der Waals surface area contributed by atoms with Crippen LogP contribution in [0.15, 0.2) is 24.3 Å². The minimum Gasteiger partial charge on any atom is -0.493 e. The van der Waals surface area contributed by atoms with Crippen molar-refractivity contribution in [1.29, 1.82) is 0 Å². The third-order valence-corrected chi connectivity index (χ3v) is 3.66. The second-order valence-electron chi connectivity index (χ2n) is 5.38. The standard InChI is InChI=1S/C16H20O8/c1-8-13(19)14(20)15(21)16(23-8)24-10-5-3-9(4-6-12(17)18)7-11(10)22-2/h3-8,13-16,19-21H,1-2H3,(H,17,18)/t8-,13-,14+,15+,16+/m0/s1. The van der Waals surface area contributed by atoms with Crippen LogP contribution in [0.25, 0.3) is 6.08 Å². The maximum atomic E-state index is 10.5. The van der Waals surface area contributed by atoms with E-state index in [1.54, 1.807) is 19.1 Å². The van der Waals surface area contributed by atoms with Gasteiger partial charge in [0.15, 0.2) is 11.5 Å². The van der Waals surface area contributed by atoms with Gasteiger partial charge >= 0.3 is 5.97 Å². The molecule has 0 aliphatic carbocycles. The first-order chi connectivity index (χ1) is 11.3. The largest absolute Gasteiger partial charge is 0.493 e. The number of aliphatic hydroxyl groups is 3. The highest BCUT2D eigenvalue weighted by Crippen LogP contribution is 2.32. The van der Waals surface area contributed by atoms with Gasteiger partial charge in [-0.15, -0.1) is 0 Å². The van der Waals surface area contributed by atoms with E-state index >= 15 is 0 Å². The molecule has 2 rings (SSSR count). The molecular weight excluding hydrogens is 320 g/mol. The number of benzene rings is 1. The van der Waals surface area contributed by atoms with Gasteiger partial charge in [-0.3, -0.25) is 0 Å². The first-order valence-corrected chi connectivity index (χ1v) is 7.29. The van der Waals surface area contributed by atoms with Gasteiger partial charge < -0.3 is 34.6 Å². The van der Waals surface area contributed by atoms with Crippen LogP contribution in [0.1, 0.15) is 12.5 Å². The fourth-order valence-electron chi connectivity index (χ4n) is 2.29.